The predicted molar refractivity (Wildman–Crippen MR) is 111 cm³/mol. The summed E-state index contributed by atoms with van der Waals surface area (Å²) in [5, 5.41) is 0.107. The van der Waals surface area contributed by atoms with Crippen LogP contribution in [-0.2, 0) is 10.5 Å². The largest absolute Gasteiger partial charge is 0.338 e. The Labute approximate surface area is 173 Å². The van der Waals surface area contributed by atoms with Gasteiger partial charge in [-0.3, -0.25) is 9.59 Å². The fraction of sp³-hybridized carbons (Fsp3) is 0.333. The van der Waals surface area contributed by atoms with Crippen LogP contribution in [0.5, 0.6) is 0 Å². The van der Waals surface area contributed by atoms with Crippen molar-refractivity contribution in [1.29, 1.82) is 0 Å². The van der Waals surface area contributed by atoms with Gasteiger partial charge in [-0.2, -0.15) is 0 Å². The number of hydrogen-bond acceptors (Lipinski definition) is 3. The molecule has 1 aliphatic rings. The van der Waals surface area contributed by atoms with Gasteiger partial charge in [0.1, 0.15) is 5.82 Å². The summed E-state index contributed by atoms with van der Waals surface area (Å²) in [4.78, 5) is 28.4. The zero-order valence-electron chi connectivity index (χ0n) is 15.7. The van der Waals surface area contributed by atoms with Crippen LogP contribution in [-0.4, -0.2) is 53.5 Å². The van der Waals surface area contributed by atoms with Crippen molar-refractivity contribution in [3.05, 3.63) is 70.0 Å². The number of benzene rings is 2. The van der Waals surface area contributed by atoms with Gasteiger partial charge in [-0.25, -0.2) is 4.39 Å². The number of amides is 2. The first kappa shape index (κ1) is 20.7. The van der Waals surface area contributed by atoms with Crippen LogP contribution >= 0.6 is 23.4 Å². The van der Waals surface area contributed by atoms with Crippen LogP contribution < -0.4 is 0 Å². The molecular formula is C21H22ClFN2O2S. The van der Waals surface area contributed by atoms with E-state index in [1.165, 1.54) is 23.3 Å². The molecule has 0 aliphatic carbocycles. The van der Waals surface area contributed by atoms with Crippen LogP contribution in [0.1, 0.15) is 21.5 Å². The molecule has 0 bridgehead atoms. The number of thioether (sulfide) groups is 1. The molecule has 0 saturated carbocycles. The van der Waals surface area contributed by atoms with Gasteiger partial charge < -0.3 is 9.80 Å². The number of rotatable bonds is 5. The lowest BCUT2D eigenvalue weighted by molar-refractivity contribution is -0.129. The lowest BCUT2D eigenvalue weighted by Crippen LogP contribution is -2.51. The molecule has 1 fully saturated rings. The fourth-order valence-corrected chi connectivity index (χ4v) is 4.16. The molecule has 1 heterocycles. The van der Waals surface area contributed by atoms with Gasteiger partial charge >= 0.3 is 0 Å². The van der Waals surface area contributed by atoms with Gasteiger partial charge in [0.25, 0.3) is 5.91 Å². The van der Waals surface area contributed by atoms with Gasteiger partial charge in [0.05, 0.1) is 16.3 Å². The van der Waals surface area contributed by atoms with E-state index in [4.69, 9.17) is 11.6 Å². The standard InChI is InChI=1S/C21H22ClFN2O2S/c1-15-2-4-16(5-3-15)13-28-14-20(26)24-8-10-25(11-9-24)21(27)18-7-6-17(23)12-19(18)22/h2-7,12H,8-11,13-14H2,1H3. The molecule has 0 radical (unpaired) electrons. The highest BCUT2D eigenvalue weighted by Crippen LogP contribution is 2.20. The molecular weight excluding hydrogens is 399 g/mol. The lowest BCUT2D eigenvalue weighted by Gasteiger charge is -2.35. The van der Waals surface area contributed by atoms with Crippen LogP contribution in [0.4, 0.5) is 4.39 Å². The highest BCUT2D eigenvalue weighted by atomic mass is 35.5. The summed E-state index contributed by atoms with van der Waals surface area (Å²) in [7, 11) is 0. The normalized spacial score (nSPS) is 14.2. The molecule has 0 atom stereocenters. The Morgan fingerprint density at radius 1 is 1.04 bits per heavy atom. The highest BCUT2D eigenvalue weighted by molar-refractivity contribution is 7.99. The molecule has 28 heavy (non-hydrogen) atoms. The van der Waals surface area contributed by atoms with Crippen molar-refractivity contribution in [2.24, 2.45) is 0 Å². The van der Waals surface area contributed by atoms with E-state index >= 15 is 0 Å². The third-order valence-corrected chi connectivity index (χ3v) is 6.00. The zero-order valence-corrected chi connectivity index (χ0v) is 17.2. The van der Waals surface area contributed by atoms with Crippen LogP contribution in [0.15, 0.2) is 42.5 Å². The van der Waals surface area contributed by atoms with Crippen molar-refractivity contribution in [3.8, 4) is 0 Å². The fourth-order valence-electron chi connectivity index (χ4n) is 3.02. The van der Waals surface area contributed by atoms with E-state index in [1.807, 2.05) is 0 Å². The Balaban J connectivity index is 1.45. The third kappa shape index (κ3) is 5.26. The summed E-state index contributed by atoms with van der Waals surface area (Å²) in [5.41, 5.74) is 2.71. The first-order valence-electron chi connectivity index (χ1n) is 9.09. The molecule has 0 N–H and O–H groups in total. The molecule has 0 unspecified atom stereocenters. The maximum absolute atomic E-state index is 13.2. The molecule has 1 aliphatic heterocycles. The van der Waals surface area contributed by atoms with Crippen molar-refractivity contribution >= 4 is 35.2 Å². The summed E-state index contributed by atoms with van der Waals surface area (Å²) < 4.78 is 13.2. The molecule has 1 saturated heterocycles. The predicted octanol–water partition coefficient (Wildman–Crippen LogP) is 4.01. The van der Waals surface area contributed by atoms with E-state index in [0.29, 0.717) is 31.9 Å². The smallest absolute Gasteiger partial charge is 0.255 e. The van der Waals surface area contributed by atoms with E-state index in [1.54, 1.807) is 21.6 Å². The highest BCUT2D eigenvalue weighted by Gasteiger charge is 2.25. The third-order valence-electron chi connectivity index (χ3n) is 4.70. The lowest BCUT2D eigenvalue weighted by atomic mass is 10.1. The van der Waals surface area contributed by atoms with Gasteiger partial charge in [-0.1, -0.05) is 41.4 Å². The monoisotopic (exact) mass is 420 g/mol. The molecule has 2 aromatic rings. The number of piperazine rings is 1. The zero-order chi connectivity index (χ0) is 20.1. The number of nitrogens with zero attached hydrogens (tertiary/aromatic N) is 2. The van der Waals surface area contributed by atoms with Crippen molar-refractivity contribution in [2.45, 2.75) is 12.7 Å². The maximum Gasteiger partial charge on any atom is 0.255 e. The SMILES string of the molecule is Cc1ccc(CSCC(=O)N2CCN(C(=O)c3ccc(F)cc3Cl)CC2)cc1. The van der Waals surface area contributed by atoms with Crippen LogP contribution in [0.3, 0.4) is 0 Å². The minimum atomic E-state index is -0.472. The molecule has 4 nitrogen and oxygen atoms in total. The van der Waals surface area contributed by atoms with E-state index in [0.717, 1.165) is 11.8 Å². The Morgan fingerprint density at radius 3 is 2.32 bits per heavy atom. The number of carbonyl (C=O) groups excluding carboxylic acids is 2. The summed E-state index contributed by atoms with van der Waals surface area (Å²) in [6.45, 7) is 3.93. The quantitative estimate of drug-likeness (QED) is 0.733. The molecule has 2 amide bonds. The Morgan fingerprint density at radius 2 is 1.68 bits per heavy atom. The average Bonchev–Trinajstić information content (AvgIpc) is 2.69. The second-order valence-corrected chi connectivity index (χ2v) is 8.17. The van der Waals surface area contributed by atoms with Gasteiger partial charge in [0.15, 0.2) is 0 Å². The Hall–Kier alpha value is -2.05. The first-order chi connectivity index (χ1) is 13.4. The topological polar surface area (TPSA) is 40.6 Å². The molecule has 0 aromatic heterocycles. The number of halogens is 2. The van der Waals surface area contributed by atoms with E-state index in [9.17, 15) is 14.0 Å². The number of carbonyl (C=O) groups is 2. The summed E-state index contributed by atoms with van der Waals surface area (Å²) >= 11 is 7.58. The van der Waals surface area contributed by atoms with Crippen LogP contribution in [0, 0.1) is 12.7 Å². The summed E-state index contributed by atoms with van der Waals surface area (Å²) in [6.07, 6.45) is 0. The maximum atomic E-state index is 13.2. The van der Waals surface area contributed by atoms with Gasteiger partial charge in [-0.15, -0.1) is 11.8 Å². The molecule has 0 spiro atoms. The number of aryl methyl sites for hydroxylation is 1. The van der Waals surface area contributed by atoms with Crippen molar-refractivity contribution in [1.82, 2.24) is 9.80 Å². The molecule has 2 aromatic carbocycles. The van der Waals surface area contributed by atoms with Crippen molar-refractivity contribution in [3.63, 3.8) is 0 Å². The Bertz CT molecular complexity index is 852. The van der Waals surface area contributed by atoms with E-state index in [2.05, 4.69) is 31.2 Å². The summed E-state index contributed by atoms with van der Waals surface area (Å²) in [5.74, 6) is 0.606. The second kappa shape index (κ2) is 9.43. The number of hydrogen-bond donors (Lipinski definition) is 0. The van der Waals surface area contributed by atoms with E-state index < -0.39 is 5.82 Å². The van der Waals surface area contributed by atoms with Crippen LogP contribution in [0.2, 0.25) is 5.02 Å². The van der Waals surface area contributed by atoms with Crippen molar-refractivity contribution in [2.75, 3.05) is 31.9 Å². The average molecular weight is 421 g/mol. The Kier molecular flexibility index (Phi) is 6.97. The van der Waals surface area contributed by atoms with Crippen LogP contribution in [0.25, 0.3) is 0 Å². The summed E-state index contributed by atoms with van der Waals surface area (Å²) in [6, 6.07) is 12.1. The van der Waals surface area contributed by atoms with Gasteiger partial charge in [0.2, 0.25) is 5.91 Å². The molecule has 7 heteroatoms. The minimum Gasteiger partial charge on any atom is -0.338 e. The second-order valence-electron chi connectivity index (χ2n) is 6.78. The first-order valence-corrected chi connectivity index (χ1v) is 10.6. The molecule has 148 valence electrons. The van der Waals surface area contributed by atoms with Gasteiger partial charge in [0, 0.05) is 31.9 Å². The van der Waals surface area contributed by atoms with Crippen molar-refractivity contribution < 1.29 is 14.0 Å². The molecule has 3 rings (SSSR count). The minimum absolute atomic E-state index is 0.0871. The van der Waals surface area contributed by atoms with Gasteiger partial charge in [-0.05, 0) is 30.7 Å². The van der Waals surface area contributed by atoms with E-state index in [-0.39, 0.29) is 22.4 Å².